The minimum Gasteiger partial charge on any atom is -0.460 e. The van der Waals surface area contributed by atoms with Gasteiger partial charge >= 0.3 is 12.1 Å². The Balaban J connectivity index is 1.60. The SMILES string of the molecule is CCOC(=O)N1CCN(C(=O)[C@H](CCC(=O)OC(C)(C)C)NC(=O)c2nc(-c3ccccc3)nc(C3CCCCC3)c2S)CC1. The number of hydrogen-bond donors (Lipinski definition) is 2. The van der Waals surface area contributed by atoms with Crippen LogP contribution in [0.2, 0.25) is 0 Å². The molecule has 1 saturated carbocycles. The van der Waals surface area contributed by atoms with Gasteiger partial charge in [-0.05, 0) is 47.0 Å². The van der Waals surface area contributed by atoms with Crippen LogP contribution >= 0.6 is 12.6 Å². The summed E-state index contributed by atoms with van der Waals surface area (Å²) in [5.41, 5.74) is 0.918. The molecule has 11 nitrogen and oxygen atoms in total. The van der Waals surface area contributed by atoms with Gasteiger partial charge in [0, 0.05) is 44.1 Å². The average Bonchev–Trinajstić information content (AvgIpc) is 3.03. The summed E-state index contributed by atoms with van der Waals surface area (Å²) in [6.45, 7) is 8.47. The molecule has 3 amide bonds. The number of hydrogen-bond acceptors (Lipinski definition) is 9. The molecule has 0 radical (unpaired) electrons. The number of carbonyl (C=O) groups is 4. The molecule has 1 aromatic carbocycles. The molecule has 4 rings (SSSR count). The van der Waals surface area contributed by atoms with Gasteiger partial charge in [-0.25, -0.2) is 14.8 Å². The van der Waals surface area contributed by atoms with E-state index < -0.39 is 29.6 Å². The number of piperazine rings is 1. The van der Waals surface area contributed by atoms with Crippen LogP contribution in [0.5, 0.6) is 0 Å². The van der Waals surface area contributed by atoms with Gasteiger partial charge in [-0.3, -0.25) is 14.4 Å². The first-order chi connectivity index (χ1) is 21.5. The highest BCUT2D eigenvalue weighted by Gasteiger charge is 2.33. The Bertz CT molecular complexity index is 1350. The highest BCUT2D eigenvalue weighted by atomic mass is 32.1. The predicted molar refractivity (Wildman–Crippen MR) is 172 cm³/mol. The van der Waals surface area contributed by atoms with E-state index in [9.17, 15) is 19.2 Å². The predicted octanol–water partition coefficient (Wildman–Crippen LogP) is 5.00. The molecule has 1 aromatic heterocycles. The Labute approximate surface area is 270 Å². The first kappa shape index (κ1) is 34.2. The van der Waals surface area contributed by atoms with E-state index in [2.05, 4.69) is 10.3 Å². The summed E-state index contributed by atoms with van der Waals surface area (Å²) in [6, 6.07) is 8.44. The van der Waals surface area contributed by atoms with Crippen LogP contribution in [-0.4, -0.2) is 88.1 Å². The lowest BCUT2D eigenvalue weighted by Gasteiger charge is -2.36. The molecule has 2 aromatic rings. The third-order valence-corrected chi connectivity index (χ3v) is 8.37. The molecule has 2 heterocycles. The van der Waals surface area contributed by atoms with Crippen LogP contribution < -0.4 is 5.32 Å². The summed E-state index contributed by atoms with van der Waals surface area (Å²) in [5, 5.41) is 2.87. The minimum absolute atomic E-state index is 0.0333. The maximum absolute atomic E-state index is 14.0. The molecule has 244 valence electrons. The third kappa shape index (κ3) is 9.42. The smallest absolute Gasteiger partial charge is 0.409 e. The van der Waals surface area contributed by atoms with E-state index in [0.717, 1.165) is 43.4 Å². The van der Waals surface area contributed by atoms with E-state index in [1.807, 2.05) is 30.3 Å². The van der Waals surface area contributed by atoms with E-state index >= 15 is 0 Å². The lowest BCUT2D eigenvalue weighted by molar-refractivity contribution is -0.155. The van der Waals surface area contributed by atoms with E-state index in [4.69, 9.17) is 27.1 Å². The van der Waals surface area contributed by atoms with Gasteiger partial charge < -0.3 is 24.6 Å². The zero-order valence-electron chi connectivity index (χ0n) is 26.7. The zero-order chi connectivity index (χ0) is 32.6. The number of benzene rings is 1. The Morgan fingerprint density at radius 3 is 2.24 bits per heavy atom. The molecule has 1 saturated heterocycles. The fraction of sp³-hybridized carbons (Fsp3) is 0.576. The second-order valence-corrected chi connectivity index (χ2v) is 12.9. The van der Waals surface area contributed by atoms with Gasteiger partial charge in [-0.2, -0.15) is 0 Å². The highest BCUT2D eigenvalue weighted by molar-refractivity contribution is 7.80. The molecule has 0 spiro atoms. The van der Waals surface area contributed by atoms with Crippen molar-refractivity contribution < 1.29 is 28.7 Å². The van der Waals surface area contributed by atoms with Crippen LogP contribution in [0.15, 0.2) is 35.2 Å². The Kier molecular flexibility index (Phi) is 11.8. The summed E-state index contributed by atoms with van der Waals surface area (Å²) >= 11 is 4.77. The van der Waals surface area contributed by atoms with Crippen LogP contribution in [0.4, 0.5) is 4.79 Å². The van der Waals surface area contributed by atoms with Crippen LogP contribution in [0.1, 0.15) is 94.7 Å². The molecule has 0 unspecified atom stereocenters. The van der Waals surface area contributed by atoms with Crippen LogP contribution in [0, 0.1) is 0 Å². The summed E-state index contributed by atoms with van der Waals surface area (Å²) in [5.74, 6) is -0.802. The summed E-state index contributed by atoms with van der Waals surface area (Å²) in [6.07, 6.45) is 4.76. The van der Waals surface area contributed by atoms with Crippen molar-refractivity contribution >= 4 is 36.5 Å². The van der Waals surface area contributed by atoms with Crippen LogP contribution in [0.25, 0.3) is 11.4 Å². The molecule has 1 aliphatic carbocycles. The van der Waals surface area contributed by atoms with Crippen LogP contribution in [-0.2, 0) is 19.1 Å². The normalized spacial score (nSPS) is 16.6. The molecule has 0 bridgehead atoms. The first-order valence-corrected chi connectivity index (χ1v) is 16.3. The fourth-order valence-corrected chi connectivity index (χ4v) is 6.07. The molecular weight excluding hydrogens is 594 g/mol. The quantitative estimate of drug-likeness (QED) is 0.290. The molecule has 12 heteroatoms. The van der Waals surface area contributed by atoms with Crippen molar-refractivity contribution in [3.8, 4) is 11.4 Å². The number of nitrogens with zero attached hydrogens (tertiary/aromatic N) is 4. The number of aromatic nitrogens is 2. The Hall–Kier alpha value is -3.67. The molecule has 2 fully saturated rings. The monoisotopic (exact) mass is 639 g/mol. The number of thiol groups is 1. The lowest BCUT2D eigenvalue weighted by Crippen LogP contribution is -2.56. The van der Waals surface area contributed by atoms with Crippen molar-refractivity contribution in [2.75, 3.05) is 32.8 Å². The largest absolute Gasteiger partial charge is 0.460 e. The van der Waals surface area contributed by atoms with Gasteiger partial charge in [0.1, 0.15) is 17.3 Å². The van der Waals surface area contributed by atoms with Gasteiger partial charge in [0.05, 0.1) is 17.2 Å². The maximum Gasteiger partial charge on any atom is 0.409 e. The molecule has 2 aliphatic rings. The average molecular weight is 640 g/mol. The van der Waals surface area contributed by atoms with Gasteiger partial charge in [0.15, 0.2) is 5.82 Å². The van der Waals surface area contributed by atoms with Crippen molar-refractivity contribution in [2.24, 2.45) is 0 Å². The van der Waals surface area contributed by atoms with E-state index in [0.29, 0.717) is 23.8 Å². The van der Waals surface area contributed by atoms with Gasteiger partial charge in [-0.15, -0.1) is 12.6 Å². The molecule has 1 N–H and O–H groups in total. The molecule has 45 heavy (non-hydrogen) atoms. The van der Waals surface area contributed by atoms with Crippen molar-refractivity contribution in [2.45, 2.75) is 95.1 Å². The number of carbonyl (C=O) groups excluding carboxylic acids is 4. The molecule has 1 aliphatic heterocycles. The van der Waals surface area contributed by atoms with E-state index in [1.54, 1.807) is 37.5 Å². The van der Waals surface area contributed by atoms with Crippen molar-refractivity contribution in [1.29, 1.82) is 0 Å². The number of rotatable bonds is 9. The van der Waals surface area contributed by atoms with Gasteiger partial charge in [0.2, 0.25) is 5.91 Å². The highest BCUT2D eigenvalue weighted by Crippen LogP contribution is 2.36. The van der Waals surface area contributed by atoms with Gasteiger partial charge in [-0.1, -0.05) is 49.6 Å². The summed E-state index contributed by atoms with van der Waals surface area (Å²) < 4.78 is 10.6. The topological polar surface area (TPSA) is 131 Å². The van der Waals surface area contributed by atoms with Crippen molar-refractivity contribution in [1.82, 2.24) is 25.1 Å². The second kappa shape index (κ2) is 15.6. The maximum atomic E-state index is 14.0. The standard InChI is InChI=1S/C33H45N5O6S/c1-5-43-32(42)38-20-18-37(19-21-38)31(41)24(16-17-25(39)44-33(2,3)4)34-30(40)27-28(45)26(22-12-8-6-9-13-22)35-29(36-27)23-14-10-7-11-15-23/h7,10-11,14-15,22,24,45H,5-6,8-9,12-13,16-21H2,1-4H3,(H,34,40)/t24-/m0/s1. The first-order valence-electron chi connectivity index (χ1n) is 15.9. The fourth-order valence-electron chi connectivity index (χ4n) is 5.69. The Morgan fingerprint density at radius 2 is 1.62 bits per heavy atom. The minimum atomic E-state index is -1.03. The second-order valence-electron chi connectivity index (χ2n) is 12.5. The number of amides is 3. The summed E-state index contributed by atoms with van der Waals surface area (Å²) in [4.78, 5) is 65.7. The number of esters is 1. The lowest BCUT2D eigenvalue weighted by atomic mass is 9.86. The third-order valence-electron chi connectivity index (χ3n) is 7.93. The molecular formula is C33H45N5O6S. The van der Waals surface area contributed by atoms with Gasteiger partial charge in [0.25, 0.3) is 5.91 Å². The van der Waals surface area contributed by atoms with Crippen molar-refractivity contribution in [3.63, 3.8) is 0 Å². The number of ether oxygens (including phenoxy) is 2. The molecule has 1 atom stereocenters. The Morgan fingerprint density at radius 1 is 0.978 bits per heavy atom. The number of nitrogens with one attached hydrogen (secondary N) is 1. The van der Waals surface area contributed by atoms with E-state index in [-0.39, 0.29) is 50.1 Å². The van der Waals surface area contributed by atoms with Crippen LogP contribution in [0.3, 0.4) is 0 Å². The zero-order valence-corrected chi connectivity index (χ0v) is 27.6. The summed E-state index contributed by atoms with van der Waals surface area (Å²) in [7, 11) is 0. The van der Waals surface area contributed by atoms with Crippen molar-refractivity contribution in [3.05, 3.63) is 41.7 Å². The van der Waals surface area contributed by atoms with E-state index in [1.165, 1.54) is 0 Å².